The van der Waals surface area contributed by atoms with Crippen molar-refractivity contribution >= 4 is 0 Å². The number of hydrogen-bond acceptors (Lipinski definition) is 2. The molecule has 1 atom stereocenters. The highest BCUT2D eigenvalue weighted by Gasteiger charge is 2.23. The second-order valence-electron chi connectivity index (χ2n) is 5.32. The Labute approximate surface area is 93.8 Å². The zero-order valence-electron chi connectivity index (χ0n) is 10.0. The molecule has 88 valence electrons. The summed E-state index contributed by atoms with van der Waals surface area (Å²) in [5, 5.41) is 3.62. The Bertz CT molecular complexity index is 175. The number of rotatable bonds is 9. The molecule has 0 heterocycles. The van der Waals surface area contributed by atoms with Gasteiger partial charge in [0, 0.05) is 19.2 Å². The first-order chi connectivity index (χ1) is 7.38. The molecule has 0 radical (unpaired) electrons. The van der Waals surface area contributed by atoms with Crippen molar-refractivity contribution in [1.29, 1.82) is 0 Å². The van der Waals surface area contributed by atoms with Crippen LogP contribution in [0.2, 0.25) is 0 Å². The van der Waals surface area contributed by atoms with Crippen molar-refractivity contribution in [3.63, 3.8) is 0 Å². The summed E-state index contributed by atoms with van der Waals surface area (Å²) in [4.78, 5) is 0. The van der Waals surface area contributed by atoms with Crippen LogP contribution in [0.4, 0.5) is 0 Å². The van der Waals surface area contributed by atoms with E-state index in [2.05, 4.69) is 12.2 Å². The third kappa shape index (κ3) is 4.98. The third-order valence-electron chi connectivity index (χ3n) is 3.37. The molecule has 0 aromatic rings. The molecule has 0 spiro atoms. The molecule has 0 bridgehead atoms. The molecule has 2 aliphatic carbocycles. The van der Waals surface area contributed by atoms with Gasteiger partial charge in [-0.25, -0.2) is 0 Å². The standard InChI is InChI=1S/C13H25NO/c1-2-3-12(8-14-13-6-7-13)10-15-9-11-4-5-11/h11-14H,2-10H2,1H3. The van der Waals surface area contributed by atoms with Gasteiger partial charge in [0.2, 0.25) is 0 Å². The van der Waals surface area contributed by atoms with E-state index in [1.807, 2.05) is 0 Å². The SMILES string of the molecule is CCCC(CNC1CC1)COCC1CC1. The van der Waals surface area contributed by atoms with Gasteiger partial charge in [0.25, 0.3) is 0 Å². The minimum Gasteiger partial charge on any atom is -0.381 e. The van der Waals surface area contributed by atoms with Crippen LogP contribution in [0.1, 0.15) is 45.4 Å². The maximum atomic E-state index is 5.78. The Morgan fingerprint density at radius 2 is 2.07 bits per heavy atom. The van der Waals surface area contributed by atoms with Gasteiger partial charge < -0.3 is 10.1 Å². The van der Waals surface area contributed by atoms with Crippen LogP contribution in [-0.4, -0.2) is 25.8 Å². The van der Waals surface area contributed by atoms with Gasteiger partial charge in [0.05, 0.1) is 6.61 Å². The van der Waals surface area contributed by atoms with E-state index >= 15 is 0 Å². The highest BCUT2D eigenvalue weighted by molar-refractivity contribution is 4.81. The van der Waals surface area contributed by atoms with Crippen LogP contribution in [0, 0.1) is 11.8 Å². The average molecular weight is 211 g/mol. The average Bonchev–Trinajstić information content (AvgIpc) is 3.08. The fourth-order valence-electron chi connectivity index (χ4n) is 1.96. The van der Waals surface area contributed by atoms with E-state index in [9.17, 15) is 0 Å². The molecule has 0 saturated heterocycles. The Balaban J connectivity index is 1.53. The molecule has 2 nitrogen and oxygen atoms in total. The number of ether oxygens (including phenoxy) is 1. The van der Waals surface area contributed by atoms with E-state index in [4.69, 9.17) is 4.74 Å². The van der Waals surface area contributed by atoms with Crippen molar-refractivity contribution in [3.05, 3.63) is 0 Å². The van der Waals surface area contributed by atoms with Crippen molar-refractivity contribution in [3.8, 4) is 0 Å². The molecule has 2 fully saturated rings. The highest BCUT2D eigenvalue weighted by Crippen LogP contribution is 2.29. The normalized spacial score (nSPS) is 23.0. The number of nitrogens with one attached hydrogen (secondary N) is 1. The predicted octanol–water partition coefficient (Wildman–Crippen LogP) is 2.58. The molecule has 0 aromatic carbocycles. The lowest BCUT2D eigenvalue weighted by Gasteiger charge is -2.16. The second kappa shape index (κ2) is 5.86. The Morgan fingerprint density at radius 3 is 2.67 bits per heavy atom. The van der Waals surface area contributed by atoms with Crippen LogP contribution >= 0.6 is 0 Å². The molecular formula is C13H25NO. The molecule has 2 saturated carbocycles. The summed E-state index contributed by atoms with van der Waals surface area (Å²) in [6, 6.07) is 0.841. The van der Waals surface area contributed by atoms with Gasteiger partial charge >= 0.3 is 0 Å². The topological polar surface area (TPSA) is 21.3 Å². The summed E-state index contributed by atoms with van der Waals surface area (Å²) in [5.74, 6) is 1.65. The van der Waals surface area contributed by atoms with Crippen LogP contribution in [-0.2, 0) is 4.74 Å². The summed E-state index contributed by atoms with van der Waals surface area (Å²) in [5.41, 5.74) is 0. The summed E-state index contributed by atoms with van der Waals surface area (Å²) >= 11 is 0. The van der Waals surface area contributed by atoms with Crippen molar-refractivity contribution in [2.24, 2.45) is 11.8 Å². The number of hydrogen-bond donors (Lipinski definition) is 1. The first-order valence-corrected chi connectivity index (χ1v) is 6.69. The maximum absolute atomic E-state index is 5.78. The van der Waals surface area contributed by atoms with Gasteiger partial charge in [-0.1, -0.05) is 13.3 Å². The Hall–Kier alpha value is -0.0800. The van der Waals surface area contributed by atoms with Gasteiger partial charge in [0.1, 0.15) is 0 Å². The van der Waals surface area contributed by atoms with Gasteiger partial charge in [-0.2, -0.15) is 0 Å². The maximum Gasteiger partial charge on any atom is 0.0506 e. The lowest BCUT2D eigenvalue weighted by atomic mass is 10.1. The van der Waals surface area contributed by atoms with Gasteiger partial charge in [-0.15, -0.1) is 0 Å². The molecule has 2 aliphatic rings. The molecular weight excluding hydrogens is 186 g/mol. The van der Waals surface area contributed by atoms with E-state index in [1.54, 1.807) is 0 Å². The second-order valence-corrected chi connectivity index (χ2v) is 5.32. The largest absolute Gasteiger partial charge is 0.381 e. The molecule has 0 amide bonds. The molecule has 2 heteroatoms. The van der Waals surface area contributed by atoms with Crippen molar-refractivity contribution in [2.75, 3.05) is 19.8 Å². The molecule has 0 aliphatic heterocycles. The van der Waals surface area contributed by atoms with Crippen molar-refractivity contribution in [1.82, 2.24) is 5.32 Å². The summed E-state index contributed by atoms with van der Waals surface area (Å²) < 4.78 is 5.78. The third-order valence-corrected chi connectivity index (χ3v) is 3.37. The van der Waals surface area contributed by atoms with E-state index in [0.29, 0.717) is 0 Å². The van der Waals surface area contributed by atoms with Crippen LogP contribution < -0.4 is 5.32 Å². The molecule has 2 rings (SSSR count). The van der Waals surface area contributed by atoms with E-state index in [1.165, 1.54) is 45.1 Å². The summed E-state index contributed by atoms with van der Waals surface area (Å²) in [7, 11) is 0. The molecule has 15 heavy (non-hydrogen) atoms. The van der Waals surface area contributed by atoms with E-state index in [-0.39, 0.29) is 0 Å². The minimum atomic E-state index is 0.745. The summed E-state index contributed by atoms with van der Waals surface area (Å²) in [6.45, 7) is 5.43. The minimum absolute atomic E-state index is 0.745. The first kappa shape index (κ1) is 11.4. The molecule has 0 aromatic heterocycles. The van der Waals surface area contributed by atoms with Gasteiger partial charge in [-0.3, -0.25) is 0 Å². The van der Waals surface area contributed by atoms with Crippen LogP contribution in [0.3, 0.4) is 0 Å². The lowest BCUT2D eigenvalue weighted by molar-refractivity contribution is 0.0875. The molecule has 1 unspecified atom stereocenters. The van der Waals surface area contributed by atoms with Crippen molar-refractivity contribution < 1.29 is 4.74 Å². The quantitative estimate of drug-likeness (QED) is 0.633. The van der Waals surface area contributed by atoms with Crippen LogP contribution in [0.15, 0.2) is 0 Å². The van der Waals surface area contributed by atoms with E-state index in [0.717, 1.165) is 31.1 Å². The Kier molecular flexibility index (Phi) is 4.45. The van der Waals surface area contributed by atoms with Gasteiger partial charge in [-0.05, 0) is 43.9 Å². The van der Waals surface area contributed by atoms with Crippen LogP contribution in [0.25, 0.3) is 0 Å². The summed E-state index contributed by atoms with van der Waals surface area (Å²) in [6.07, 6.45) is 8.18. The smallest absolute Gasteiger partial charge is 0.0506 e. The monoisotopic (exact) mass is 211 g/mol. The zero-order chi connectivity index (χ0) is 10.5. The zero-order valence-corrected chi connectivity index (χ0v) is 10.0. The fraction of sp³-hybridized carbons (Fsp3) is 1.00. The fourth-order valence-corrected chi connectivity index (χ4v) is 1.96. The van der Waals surface area contributed by atoms with Gasteiger partial charge in [0.15, 0.2) is 0 Å². The lowest BCUT2D eigenvalue weighted by Crippen LogP contribution is -2.27. The first-order valence-electron chi connectivity index (χ1n) is 6.69. The Morgan fingerprint density at radius 1 is 1.27 bits per heavy atom. The molecule has 1 N–H and O–H groups in total. The highest BCUT2D eigenvalue weighted by atomic mass is 16.5. The predicted molar refractivity (Wildman–Crippen MR) is 63.0 cm³/mol. The van der Waals surface area contributed by atoms with Crippen molar-refractivity contribution in [2.45, 2.75) is 51.5 Å². The van der Waals surface area contributed by atoms with Crippen LogP contribution in [0.5, 0.6) is 0 Å². The van der Waals surface area contributed by atoms with E-state index < -0.39 is 0 Å².